The number of aromatic nitrogens is 2. The molecule has 0 bridgehead atoms. The second-order valence-electron chi connectivity index (χ2n) is 4.59. The number of rotatable bonds is 5. The minimum atomic E-state index is -0.114. The van der Waals surface area contributed by atoms with E-state index >= 15 is 0 Å². The molecule has 0 aliphatic rings. The van der Waals surface area contributed by atoms with Gasteiger partial charge in [-0.1, -0.05) is 30.3 Å². The lowest BCUT2D eigenvalue weighted by atomic mass is 10.1. The summed E-state index contributed by atoms with van der Waals surface area (Å²) in [7, 11) is 4.00. The van der Waals surface area contributed by atoms with Crippen LogP contribution in [0.3, 0.4) is 0 Å². The van der Waals surface area contributed by atoms with Crippen molar-refractivity contribution < 1.29 is 4.79 Å². The minimum absolute atomic E-state index is 0.114. The van der Waals surface area contributed by atoms with Gasteiger partial charge >= 0.3 is 0 Å². The van der Waals surface area contributed by atoms with Gasteiger partial charge in [-0.3, -0.25) is 9.89 Å². The van der Waals surface area contributed by atoms with Crippen LogP contribution >= 0.6 is 0 Å². The van der Waals surface area contributed by atoms with E-state index in [0.29, 0.717) is 12.1 Å². The van der Waals surface area contributed by atoms with E-state index in [9.17, 15) is 4.79 Å². The summed E-state index contributed by atoms with van der Waals surface area (Å²) >= 11 is 0. The first-order valence-corrected chi connectivity index (χ1v) is 6.17. The first-order chi connectivity index (χ1) is 9.18. The van der Waals surface area contributed by atoms with Crippen molar-refractivity contribution in [2.45, 2.75) is 6.04 Å². The first-order valence-electron chi connectivity index (χ1n) is 6.17. The van der Waals surface area contributed by atoms with Crippen molar-refractivity contribution in [3.8, 4) is 0 Å². The van der Waals surface area contributed by atoms with Crippen molar-refractivity contribution in [2.75, 3.05) is 20.6 Å². The molecule has 0 aliphatic carbocycles. The molecule has 5 heteroatoms. The van der Waals surface area contributed by atoms with Gasteiger partial charge in [0.25, 0.3) is 5.91 Å². The average Bonchev–Trinajstić information content (AvgIpc) is 2.93. The number of nitrogens with zero attached hydrogens (tertiary/aromatic N) is 2. The molecule has 1 atom stereocenters. The van der Waals surface area contributed by atoms with E-state index in [4.69, 9.17) is 0 Å². The van der Waals surface area contributed by atoms with Gasteiger partial charge < -0.3 is 10.2 Å². The second kappa shape index (κ2) is 6.15. The number of likely N-dealkylation sites (N-methyl/N-ethyl adjacent to an activating group) is 1. The Labute approximate surface area is 112 Å². The van der Waals surface area contributed by atoms with Crippen molar-refractivity contribution in [3.63, 3.8) is 0 Å². The second-order valence-corrected chi connectivity index (χ2v) is 4.59. The highest BCUT2D eigenvalue weighted by Crippen LogP contribution is 2.16. The van der Waals surface area contributed by atoms with Gasteiger partial charge in [0.2, 0.25) is 0 Å². The highest BCUT2D eigenvalue weighted by molar-refractivity contribution is 5.93. The molecule has 0 saturated carbocycles. The molecular formula is C14H18N4O. The number of amides is 1. The Bertz CT molecular complexity index is 508. The number of hydrogen-bond donors (Lipinski definition) is 2. The molecule has 1 aromatic carbocycles. The molecule has 0 spiro atoms. The van der Waals surface area contributed by atoms with E-state index in [0.717, 1.165) is 0 Å². The van der Waals surface area contributed by atoms with Gasteiger partial charge in [0.05, 0.1) is 17.8 Å². The number of aromatic amines is 1. The maximum absolute atomic E-state index is 11.9. The fourth-order valence-corrected chi connectivity index (χ4v) is 1.94. The van der Waals surface area contributed by atoms with Crippen LogP contribution in [0, 0.1) is 0 Å². The molecule has 0 aliphatic heterocycles. The third kappa shape index (κ3) is 3.42. The fraction of sp³-hybridized carbons (Fsp3) is 0.286. The standard InChI is InChI=1S/C14H18N4O/c1-18(2)13(11-6-4-3-5-7-11)10-15-14(19)12-8-16-17-9-12/h3-9,13H,10H2,1-2H3,(H,15,19)(H,16,17). The third-order valence-corrected chi connectivity index (χ3v) is 3.02. The van der Waals surface area contributed by atoms with Crippen LogP contribution in [-0.2, 0) is 0 Å². The van der Waals surface area contributed by atoms with E-state index in [1.54, 1.807) is 6.20 Å². The Morgan fingerprint density at radius 2 is 2.11 bits per heavy atom. The number of H-pyrrole nitrogens is 1. The zero-order valence-corrected chi connectivity index (χ0v) is 11.1. The van der Waals surface area contributed by atoms with E-state index in [1.165, 1.54) is 11.8 Å². The van der Waals surface area contributed by atoms with E-state index in [2.05, 4.69) is 32.5 Å². The molecule has 100 valence electrons. The van der Waals surface area contributed by atoms with Crippen molar-refractivity contribution in [3.05, 3.63) is 53.9 Å². The Kier molecular flexibility index (Phi) is 4.30. The summed E-state index contributed by atoms with van der Waals surface area (Å²) in [5, 5.41) is 9.32. The summed E-state index contributed by atoms with van der Waals surface area (Å²) in [5.41, 5.74) is 1.73. The Balaban J connectivity index is 2.01. The normalized spacial score (nSPS) is 12.4. The van der Waals surface area contributed by atoms with Gasteiger partial charge in [0.1, 0.15) is 0 Å². The third-order valence-electron chi connectivity index (χ3n) is 3.02. The van der Waals surface area contributed by atoms with Crippen LogP contribution < -0.4 is 5.32 Å². The molecule has 1 unspecified atom stereocenters. The molecule has 0 radical (unpaired) electrons. The minimum Gasteiger partial charge on any atom is -0.350 e. The molecule has 0 fully saturated rings. The molecule has 0 saturated heterocycles. The van der Waals surface area contributed by atoms with Crippen LogP contribution in [0.2, 0.25) is 0 Å². The van der Waals surface area contributed by atoms with E-state index < -0.39 is 0 Å². The number of carbonyl (C=O) groups is 1. The number of nitrogens with one attached hydrogen (secondary N) is 2. The molecule has 2 rings (SSSR count). The molecule has 1 heterocycles. The maximum atomic E-state index is 11.9. The molecule has 5 nitrogen and oxygen atoms in total. The van der Waals surface area contributed by atoms with Crippen molar-refractivity contribution in [1.82, 2.24) is 20.4 Å². The lowest BCUT2D eigenvalue weighted by Crippen LogP contribution is -2.34. The zero-order chi connectivity index (χ0) is 13.7. The first kappa shape index (κ1) is 13.3. The number of benzene rings is 1. The van der Waals surface area contributed by atoms with Crippen molar-refractivity contribution in [2.24, 2.45) is 0 Å². The molecule has 1 aromatic heterocycles. The summed E-state index contributed by atoms with van der Waals surface area (Å²) < 4.78 is 0. The molecule has 2 N–H and O–H groups in total. The molecule has 2 aromatic rings. The highest BCUT2D eigenvalue weighted by Gasteiger charge is 2.15. The Morgan fingerprint density at radius 1 is 1.37 bits per heavy atom. The summed E-state index contributed by atoms with van der Waals surface area (Å²) in [6.07, 6.45) is 3.10. The van der Waals surface area contributed by atoms with Gasteiger partial charge in [0.15, 0.2) is 0 Å². The number of hydrogen-bond acceptors (Lipinski definition) is 3. The smallest absolute Gasteiger partial charge is 0.254 e. The Hall–Kier alpha value is -2.14. The topological polar surface area (TPSA) is 61.0 Å². The summed E-state index contributed by atoms with van der Waals surface area (Å²) in [6, 6.07) is 10.3. The summed E-state index contributed by atoms with van der Waals surface area (Å²) in [4.78, 5) is 14.0. The highest BCUT2D eigenvalue weighted by atomic mass is 16.1. The maximum Gasteiger partial charge on any atom is 0.254 e. The van der Waals surface area contributed by atoms with Crippen LogP contribution in [-0.4, -0.2) is 41.6 Å². The van der Waals surface area contributed by atoms with Crippen molar-refractivity contribution in [1.29, 1.82) is 0 Å². The molecule has 1 amide bonds. The van der Waals surface area contributed by atoms with Gasteiger partial charge in [-0.2, -0.15) is 5.10 Å². The van der Waals surface area contributed by atoms with E-state index in [1.807, 2.05) is 32.3 Å². The van der Waals surface area contributed by atoms with Crippen LogP contribution in [0.1, 0.15) is 22.0 Å². The van der Waals surface area contributed by atoms with Gasteiger partial charge in [-0.15, -0.1) is 0 Å². The summed E-state index contributed by atoms with van der Waals surface area (Å²) in [5.74, 6) is -0.114. The van der Waals surface area contributed by atoms with Gasteiger partial charge in [0, 0.05) is 12.7 Å². The van der Waals surface area contributed by atoms with Gasteiger partial charge in [-0.05, 0) is 19.7 Å². The predicted molar refractivity (Wildman–Crippen MR) is 73.8 cm³/mol. The van der Waals surface area contributed by atoms with E-state index in [-0.39, 0.29) is 11.9 Å². The zero-order valence-electron chi connectivity index (χ0n) is 11.1. The fourth-order valence-electron chi connectivity index (χ4n) is 1.94. The van der Waals surface area contributed by atoms with Crippen LogP contribution in [0.25, 0.3) is 0 Å². The monoisotopic (exact) mass is 258 g/mol. The largest absolute Gasteiger partial charge is 0.350 e. The lowest BCUT2D eigenvalue weighted by Gasteiger charge is -2.25. The Morgan fingerprint density at radius 3 is 2.68 bits per heavy atom. The average molecular weight is 258 g/mol. The van der Waals surface area contributed by atoms with Crippen LogP contribution in [0.15, 0.2) is 42.7 Å². The lowest BCUT2D eigenvalue weighted by molar-refractivity contribution is 0.0942. The van der Waals surface area contributed by atoms with Crippen LogP contribution in [0.4, 0.5) is 0 Å². The van der Waals surface area contributed by atoms with Crippen molar-refractivity contribution >= 4 is 5.91 Å². The molecular weight excluding hydrogens is 240 g/mol. The summed E-state index contributed by atoms with van der Waals surface area (Å²) in [6.45, 7) is 0.557. The quantitative estimate of drug-likeness (QED) is 0.853. The van der Waals surface area contributed by atoms with Crippen LogP contribution in [0.5, 0.6) is 0 Å². The predicted octanol–water partition coefficient (Wildman–Crippen LogP) is 1.44. The van der Waals surface area contributed by atoms with Gasteiger partial charge in [-0.25, -0.2) is 0 Å². The molecule has 19 heavy (non-hydrogen) atoms. The number of carbonyl (C=O) groups excluding carboxylic acids is 1. The SMILES string of the molecule is CN(C)C(CNC(=O)c1cn[nH]c1)c1ccccc1.